The normalized spacial score (nSPS) is 18.3. The van der Waals surface area contributed by atoms with Crippen molar-refractivity contribution in [1.29, 1.82) is 0 Å². The molecule has 0 N–H and O–H groups in total. The number of hydrogen-bond donors (Lipinski definition) is 0. The third kappa shape index (κ3) is 2.39. The van der Waals surface area contributed by atoms with Gasteiger partial charge in [-0.15, -0.1) is 0 Å². The minimum Gasteiger partial charge on any atom is -0.291 e. The van der Waals surface area contributed by atoms with E-state index in [0.717, 1.165) is 16.3 Å². The molecule has 1 fully saturated rings. The Morgan fingerprint density at radius 1 is 1.14 bits per heavy atom. The first-order valence-corrected chi connectivity index (χ1v) is 8.76. The van der Waals surface area contributed by atoms with Crippen molar-refractivity contribution in [2.75, 3.05) is 14.1 Å². The van der Waals surface area contributed by atoms with Gasteiger partial charge in [0.05, 0.1) is 0 Å². The smallest absolute Gasteiger partial charge is 0.291 e. The second kappa shape index (κ2) is 6.08. The predicted molar refractivity (Wildman–Crippen MR) is 96.9 cm³/mol. The summed E-state index contributed by atoms with van der Waals surface area (Å²) in [4.78, 5) is 44.6. The lowest BCUT2D eigenvalue weighted by Crippen LogP contribution is -2.56. The van der Waals surface area contributed by atoms with E-state index in [1.165, 1.54) is 36.2 Å². The highest BCUT2D eigenvalue weighted by atomic mass is 19.1. The monoisotopic (exact) mass is 384 g/mol. The molecule has 3 heterocycles. The van der Waals surface area contributed by atoms with Crippen molar-refractivity contribution in [3.63, 3.8) is 0 Å². The van der Waals surface area contributed by atoms with Crippen LogP contribution in [0.2, 0.25) is 0 Å². The second-order valence-corrected chi connectivity index (χ2v) is 6.97. The van der Waals surface area contributed by atoms with Gasteiger partial charge >= 0.3 is 12.0 Å². The van der Waals surface area contributed by atoms with E-state index in [1.807, 2.05) is 13.8 Å². The molecule has 28 heavy (non-hydrogen) atoms. The lowest BCUT2D eigenvalue weighted by Gasteiger charge is -2.30. The van der Waals surface area contributed by atoms with E-state index in [4.69, 9.17) is 0 Å². The fraction of sp³-hybridized carbons (Fsp3) is 0.316. The van der Waals surface area contributed by atoms with Gasteiger partial charge < -0.3 is 0 Å². The molecule has 1 unspecified atom stereocenters. The highest BCUT2D eigenvalue weighted by Crippen LogP contribution is 2.34. The number of halogens is 1. The molecule has 144 valence electrons. The van der Waals surface area contributed by atoms with Crippen LogP contribution in [-0.2, 0) is 11.3 Å². The summed E-state index contributed by atoms with van der Waals surface area (Å²) in [5.41, 5.74) is 1.97. The summed E-state index contributed by atoms with van der Waals surface area (Å²) in [6.45, 7) is 3.69. The zero-order valence-corrected chi connectivity index (χ0v) is 15.9. The Bertz CT molecular complexity index is 1070. The minimum atomic E-state index is -0.733. The van der Waals surface area contributed by atoms with Crippen molar-refractivity contribution < 1.29 is 23.3 Å². The van der Waals surface area contributed by atoms with Crippen LogP contribution in [0.15, 0.2) is 29.3 Å². The van der Waals surface area contributed by atoms with E-state index in [9.17, 15) is 18.8 Å². The number of amides is 3. The van der Waals surface area contributed by atoms with Crippen molar-refractivity contribution in [1.82, 2.24) is 14.4 Å². The molecule has 1 aromatic heterocycles. The first kappa shape index (κ1) is 18.0. The number of urea groups is 1. The molecule has 0 bridgehead atoms. The summed E-state index contributed by atoms with van der Waals surface area (Å²) >= 11 is 0. The van der Waals surface area contributed by atoms with Crippen molar-refractivity contribution in [3.05, 3.63) is 47.0 Å². The maximum atomic E-state index is 13.1. The molecule has 2 aromatic rings. The second-order valence-electron chi connectivity index (χ2n) is 6.97. The molecular formula is C19H19FN5O3+. The minimum absolute atomic E-state index is 0.00811. The summed E-state index contributed by atoms with van der Waals surface area (Å²) in [7, 11) is 3.01. The molecule has 3 amide bonds. The van der Waals surface area contributed by atoms with Gasteiger partial charge in [0.15, 0.2) is 5.78 Å². The number of imide groups is 1. The van der Waals surface area contributed by atoms with Gasteiger partial charge in [-0.1, -0.05) is 4.99 Å². The average molecular weight is 384 g/mol. The van der Waals surface area contributed by atoms with E-state index in [2.05, 4.69) is 4.99 Å². The summed E-state index contributed by atoms with van der Waals surface area (Å²) in [5.74, 6) is -0.199. The lowest BCUT2D eigenvalue weighted by molar-refractivity contribution is -0.675. The number of imidazole rings is 1. The van der Waals surface area contributed by atoms with E-state index in [0.29, 0.717) is 17.3 Å². The Balaban J connectivity index is 1.77. The molecule has 0 aliphatic carbocycles. The Morgan fingerprint density at radius 2 is 1.79 bits per heavy atom. The van der Waals surface area contributed by atoms with Gasteiger partial charge in [-0.3, -0.25) is 19.4 Å². The Hall–Kier alpha value is -3.36. The van der Waals surface area contributed by atoms with Crippen molar-refractivity contribution >= 4 is 29.5 Å². The molecule has 4 rings (SSSR count). The first-order valence-electron chi connectivity index (χ1n) is 8.76. The van der Waals surface area contributed by atoms with Crippen LogP contribution in [0, 0.1) is 19.7 Å². The number of ketones is 1. The number of nitrogens with zero attached hydrogens (tertiary/aromatic N) is 5. The van der Waals surface area contributed by atoms with Gasteiger partial charge in [-0.25, -0.2) is 18.3 Å². The van der Waals surface area contributed by atoms with Crippen LogP contribution in [0.3, 0.4) is 0 Å². The maximum absolute atomic E-state index is 13.1. The highest BCUT2D eigenvalue weighted by Gasteiger charge is 2.53. The lowest BCUT2D eigenvalue weighted by atomic mass is 10.1. The van der Waals surface area contributed by atoms with Gasteiger partial charge in [0.25, 0.3) is 5.91 Å². The number of amidine groups is 1. The van der Waals surface area contributed by atoms with Crippen LogP contribution in [0.1, 0.15) is 27.8 Å². The van der Waals surface area contributed by atoms with Crippen LogP contribution < -0.4 is 4.57 Å². The number of Topliss-reactive ketones (excluding diaryl/α,β-unsaturated/α-hetero) is 1. The van der Waals surface area contributed by atoms with Gasteiger partial charge in [0, 0.05) is 19.7 Å². The zero-order valence-electron chi connectivity index (χ0n) is 15.9. The van der Waals surface area contributed by atoms with Crippen molar-refractivity contribution in [3.8, 4) is 0 Å². The van der Waals surface area contributed by atoms with Crippen LogP contribution >= 0.6 is 0 Å². The molecular weight excluding hydrogens is 365 g/mol. The molecule has 8 nitrogen and oxygen atoms in total. The van der Waals surface area contributed by atoms with Gasteiger partial charge in [0.1, 0.15) is 23.7 Å². The number of benzene rings is 1. The largest absolute Gasteiger partial charge is 0.402 e. The SMILES string of the molecule is Cc1c(C)[n+](CC(=O)c2ccc(F)cc2)c2n1C1C(=O)N(C)C(=O)N(C)C1=N2. The summed E-state index contributed by atoms with van der Waals surface area (Å²) in [6.07, 6.45) is 0. The van der Waals surface area contributed by atoms with Gasteiger partial charge in [-0.05, 0) is 38.1 Å². The molecule has 2 aliphatic rings. The Kier molecular flexibility index (Phi) is 3.91. The molecule has 1 aromatic carbocycles. The van der Waals surface area contributed by atoms with Crippen molar-refractivity contribution in [2.45, 2.75) is 26.4 Å². The standard InChI is InChI=1S/C19H19FN5O3/c1-10-11(2)25-15-16(22(3)19(28)23(4)17(15)27)21-18(25)24(10)9-14(26)12-5-7-13(20)8-6-12/h5-8,15H,9H2,1-4H3/q+1. The fourth-order valence-electron chi connectivity index (χ4n) is 3.64. The summed E-state index contributed by atoms with van der Waals surface area (Å²) in [6, 6.07) is 4.17. The highest BCUT2D eigenvalue weighted by molar-refractivity contribution is 6.20. The number of likely N-dealkylation sites (N-methyl/N-ethyl adjacent to an activating group) is 2. The van der Waals surface area contributed by atoms with E-state index in [-0.39, 0.29) is 18.2 Å². The Morgan fingerprint density at radius 3 is 2.43 bits per heavy atom. The number of carbonyl (C=O) groups excluding carboxylic acids is 3. The topological polar surface area (TPSA) is 78.9 Å². The molecule has 0 saturated carbocycles. The summed E-state index contributed by atoms with van der Waals surface area (Å²) < 4.78 is 16.6. The number of fused-ring (bicyclic) bond motifs is 3. The molecule has 9 heteroatoms. The van der Waals surface area contributed by atoms with Crippen LogP contribution in [0.25, 0.3) is 0 Å². The molecule has 1 saturated heterocycles. The number of aliphatic imine (C=N–C) groups is 1. The number of rotatable bonds is 3. The first-order chi connectivity index (χ1) is 13.2. The van der Waals surface area contributed by atoms with E-state index >= 15 is 0 Å². The molecule has 0 spiro atoms. The number of carbonyl (C=O) groups is 3. The average Bonchev–Trinajstić information content (AvgIpc) is 3.17. The van der Waals surface area contributed by atoms with Crippen LogP contribution in [-0.4, -0.2) is 52.0 Å². The van der Waals surface area contributed by atoms with E-state index in [1.54, 1.807) is 16.2 Å². The molecule has 0 radical (unpaired) electrons. The molecule has 2 aliphatic heterocycles. The summed E-state index contributed by atoms with van der Waals surface area (Å²) in [5, 5.41) is 0. The fourth-order valence-corrected chi connectivity index (χ4v) is 3.64. The predicted octanol–water partition coefficient (Wildman–Crippen LogP) is 1.52. The number of hydrogen-bond acceptors (Lipinski definition) is 4. The maximum Gasteiger partial charge on any atom is 0.402 e. The molecule has 1 atom stereocenters. The Labute approximate surface area is 160 Å². The van der Waals surface area contributed by atoms with Crippen LogP contribution in [0.5, 0.6) is 0 Å². The van der Waals surface area contributed by atoms with Crippen LogP contribution in [0.4, 0.5) is 15.1 Å². The third-order valence-electron chi connectivity index (χ3n) is 5.41. The van der Waals surface area contributed by atoms with Crippen molar-refractivity contribution in [2.24, 2.45) is 4.99 Å². The van der Waals surface area contributed by atoms with Gasteiger partial charge in [-0.2, -0.15) is 0 Å². The van der Waals surface area contributed by atoms with Gasteiger partial charge in [0.2, 0.25) is 11.9 Å². The quantitative estimate of drug-likeness (QED) is 0.595. The zero-order chi connectivity index (χ0) is 20.3. The number of aromatic nitrogens is 2. The third-order valence-corrected chi connectivity index (χ3v) is 5.41. The van der Waals surface area contributed by atoms with E-state index < -0.39 is 17.9 Å².